The molecule has 0 spiro atoms. The first-order chi connectivity index (χ1) is 13.6. The Morgan fingerprint density at radius 2 is 1.76 bits per heavy atom. The van der Waals surface area contributed by atoms with Crippen LogP contribution in [0.3, 0.4) is 0 Å². The molecule has 0 atom stereocenters. The lowest BCUT2D eigenvalue weighted by atomic mass is 10.1. The number of aromatic nitrogens is 3. The summed E-state index contributed by atoms with van der Waals surface area (Å²) in [4.78, 5) is 28.6. The van der Waals surface area contributed by atoms with Crippen molar-refractivity contribution >= 4 is 42.6 Å². The van der Waals surface area contributed by atoms with Crippen molar-refractivity contribution in [2.75, 3.05) is 0 Å². The van der Waals surface area contributed by atoms with Crippen molar-refractivity contribution in [1.29, 1.82) is 0 Å². The Balaban J connectivity index is 2.13. The molecule has 0 fully saturated rings. The van der Waals surface area contributed by atoms with E-state index in [1.807, 2.05) is 30.5 Å². The highest BCUT2D eigenvalue weighted by molar-refractivity contribution is 7.99. The lowest BCUT2D eigenvalue weighted by Gasteiger charge is -2.14. The van der Waals surface area contributed by atoms with E-state index in [0.29, 0.717) is 22.4 Å². The lowest BCUT2D eigenvalue weighted by Crippen LogP contribution is -2.07. The molecule has 2 aromatic heterocycles. The summed E-state index contributed by atoms with van der Waals surface area (Å²) in [6.45, 7) is 4.40. The maximum atomic E-state index is 11.7. The van der Waals surface area contributed by atoms with Gasteiger partial charge in [-0.05, 0) is 41.8 Å². The fourth-order valence-electron chi connectivity index (χ4n) is 2.82. The van der Waals surface area contributed by atoms with Gasteiger partial charge in [0.15, 0.2) is 0 Å². The third kappa shape index (κ3) is 6.07. The van der Waals surface area contributed by atoms with Crippen molar-refractivity contribution in [2.24, 2.45) is 0 Å². The molecule has 0 amide bonds. The van der Waals surface area contributed by atoms with Gasteiger partial charge in [0.1, 0.15) is 17.0 Å². The third-order valence-corrected chi connectivity index (χ3v) is 6.29. The summed E-state index contributed by atoms with van der Waals surface area (Å²) >= 11 is 13.7. The van der Waals surface area contributed by atoms with E-state index in [9.17, 15) is 14.4 Å². The number of halogens is 2. The summed E-state index contributed by atoms with van der Waals surface area (Å²) in [5.41, 5.74) is 1.72. The molecular weight excluding hydrogens is 452 g/mol. The van der Waals surface area contributed by atoms with E-state index in [1.165, 1.54) is 11.8 Å². The van der Waals surface area contributed by atoms with Crippen LogP contribution in [0.4, 0.5) is 0 Å². The molecule has 0 saturated carbocycles. The van der Waals surface area contributed by atoms with E-state index in [4.69, 9.17) is 23.2 Å². The highest BCUT2D eigenvalue weighted by atomic mass is 35.5. The summed E-state index contributed by atoms with van der Waals surface area (Å²) in [6.07, 6.45) is 2.93. The van der Waals surface area contributed by atoms with Gasteiger partial charge in [-0.3, -0.25) is 9.55 Å². The molecule has 0 aliphatic heterocycles. The second-order valence-electron chi connectivity index (χ2n) is 6.84. The minimum atomic E-state index is -4.30. The van der Waals surface area contributed by atoms with E-state index < -0.39 is 13.8 Å². The van der Waals surface area contributed by atoms with Crippen molar-refractivity contribution in [1.82, 2.24) is 14.5 Å². The molecule has 2 heterocycles. The zero-order valence-corrected chi connectivity index (χ0v) is 19.0. The first kappa shape index (κ1) is 22.3. The van der Waals surface area contributed by atoms with Crippen molar-refractivity contribution in [3.63, 3.8) is 0 Å². The molecule has 0 aliphatic carbocycles. The highest BCUT2D eigenvalue weighted by Gasteiger charge is 2.25. The minimum absolute atomic E-state index is 0.0568. The molecular formula is C19H20Cl2N3O3PS. The Kier molecular flexibility index (Phi) is 7.10. The zero-order valence-electron chi connectivity index (χ0n) is 15.8. The Morgan fingerprint density at radius 3 is 2.31 bits per heavy atom. The van der Waals surface area contributed by atoms with Crippen LogP contribution >= 0.6 is 42.6 Å². The first-order valence-corrected chi connectivity index (χ1v) is 12.2. The number of pyridine rings is 1. The number of hydrogen-bond donors (Lipinski definition) is 2. The van der Waals surface area contributed by atoms with Gasteiger partial charge in [0, 0.05) is 33.9 Å². The topological polar surface area (TPSA) is 88.2 Å². The fourth-order valence-corrected chi connectivity index (χ4v) is 5.35. The standard InChI is InChI=1S/C19H20Cl2N3O3PS/c1-12(2)18-19(29-16-8-14(20)7-15(21)9-16)24(10-13-3-5-22-6-4-13)17(23-18)11-28(25,26)27/h3-9,12H,10-11H2,1-2H3,(H2,25,26,27). The molecule has 0 aliphatic rings. The maximum absolute atomic E-state index is 11.7. The number of hydrogen-bond acceptors (Lipinski definition) is 4. The smallest absolute Gasteiger partial charge is 0.324 e. The van der Waals surface area contributed by atoms with Gasteiger partial charge in [-0.15, -0.1) is 0 Å². The van der Waals surface area contributed by atoms with E-state index in [1.54, 1.807) is 30.6 Å². The molecule has 1 aromatic carbocycles. The average Bonchev–Trinajstić information content (AvgIpc) is 2.91. The summed E-state index contributed by atoms with van der Waals surface area (Å²) < 4.78 is 13.6. The van der Waals surface area contributed by atoms with Crippen LogP contribution in [0.2, 0.25) is 10.0 Å². The van der Waals surface area contributed by atoms with Crippen LogP contribution < -0.4 is 0 Å². The van der Waals surface area contributed by atoms with Crippen molar-refractivity contribution in [3.05, 3.63) is 69.9 Å². The van der Waals surface area contributed by atoms with E-state index in [0.717, 1.165) is 21.2 Å². The molecule has 0 radical (unpaired) electrons. The minimum Gasteiger partial charge on any atom is -0.324 e. The van der Waals surface area contributed by atoms with Crippen molar-refractivity contribution < 1.29 is 14.4 Å². The number of imidazole rings is 1. The maximum Gasteiger partial charge on any atom is 0.333 e. The SMILES string of the molecule is CC(C)c1nc(CP(=O)(O)O)n(Cc2ccncc2)c1Sc1cc(Cl)cc(Cl)c1. The molecule has 0 bridgehead atoms. The molecule has 3 rings (SSSR count). The number of benzene rings is 1. The predicted octanol–water partition coefficient (Wildman–Crippen LogP) is 5.59. The molecule has 2 N–H and O–H groups in total. The zero-order chi connectivity index (χ0) is 21.2. The van der Waals surface area contributed by atoms with Gasteiger partial charge in [-0.25, -0.2) is 4.98 Å². The largest absolute Gasteiger partial charge is 0.333 e. The van der Waals surface area contributed by atoms with Crippen LogP contribution in [0, 0.1) is 0 Å². The molecule has 3 aromatic rings. The number of nitrogens with zero attached hydrogens (tertiary/aromatic N) is 3. The molecule has 29 heavy (non-hydrogen) atoms. The van der Waals surface area contributed by atoms with Gasteiger partial charge in [0.05, 0.1) is 5.69 Å². The highest BCUT2D eigenvalue weighted by Crippen LogP contribution is 2.42. The monoisotopic (exact) mass is 471 g/mol. The number of rotatable bonds is 7. The Morgan fingerprint density at radius 1 is 1.14 bits per heavy atom. The van der Waals surface area contributed by atoms with Crippen molar-refractivity contribution in [3.8, 4) is 0 Å². The van der Waals surface area contributed by atoms with Crippen LogP contribution in [0.1, 0.15) is 36.8 Å². The summed E-state index contributed by atoms with van der Waals surface area (Å²) in [7, 11) is -4.30. The van der Waals surface area contributed by atoms with Crippen LogP contribution in [0.15, 0.2) is 52.6 Å². The lowest BCUT2D eigenvalue weighted by molar-refractivity contribution is 0.369. The predicted molar refractivity (Wildman–Crippen MR) is 116 cm³/mol. The van der Waals surface area contributed by atoms with Crippen LogP contribution in [-0.2, 0) is 17.3 Å². The third-order valence-electron chi connectivity index (χ3n) is 4.06. The second kappa shape index (κ2) is 9.21. The van der Waals surface area contributed by atoms with Crippen LogP contribution in [0.5, 0.6) is 0 Å². The van der Waals surface area contributed by atoms with Gasteiger partial charge in [-0.1, -0.05) is 48.8 Å². The van der Waals surface area contributed by atoms with Crippen molar-refractivity contribution in [2.45, 2.75) is 42.4 Å². The van der Waals surface area contributed by atoms with Gasteiger partial charge in [-0.2, -0.15) is 0 Å². The Hall–Kier alpha value is -1.34. The molecule has 6 nitrogen and oxygen atoms in total. The Bertz CT molecular complexity index is 1030. The molecule has 0 unspecified atom stereocenters. The van der Waals surface area contributed by atoms with E-state index in [2.05, 4.69) is 9.97 Å². The molecule has 154 valence electrons. The first-order valence-electron chi connectivity index (χ1n) is 8.79. The average molecular weight is 472 g/mol. The van der Waals surface area contributed by atoms with Crippen LogP contribution in [-0.4, -0.2) is 24.3 Å². The van der Waals surface area contributed by atoms with Gasteiger partial charge in [0.25, 0.3) is 0 Å². The van der Waals surface area contributed by atoms with Crippen LogP contribution in [0.25, 0.3) is 0 Å². The van der Waals surface area contributed by atoms with Gasteiger partial charge < -0.3 is 14.4 Å². The van der Waals surface area contributed by atoms with E-state index >= 15 is 0 Å². The molecule has 0 saturated heterocycles. The fraction of sp³-hybridized carbons (Fsp3) is 0.263. The summed E-state index contributed by atoms with van der Waals surface area (Å²) in [6, 6.07) is 8.98. The summed E-state index contributed by atoms with van der Waals surface area (Å²) in [5, 5.41) is 1.84. The molecule has 10 heteroatoms. The second-order valence-corrected chi connectivity index (χ2v) is 10.4. The van der Waals surface area contributed by atoms with E-state index in [-0.39, 0.29) is 5.92 Å². The van der Waals surface area contributed by atoms with Gasteiger partial charge in [0.2, 0.25) is 0 Å². The normalized spacial score (nSPS) is 12.0. The summed E-state index contributed by atoms with van der Waals surface area (Å²) in [5.74, 6) is 0.399. The quantitative estimate of drug-likeness (QED) is 0.436. The Labute approximate surface area is 183 Å². The van der Waals surface area contributed by atoms with Gasteiger partial charge >= 0.3 is 7.60 Å².